The van der Waals surface area contributed by atoms with Crippen LogP contribution < -0.4 is 10.1 Å². The number of nitrogens with zero attached hydrogens (tertiary/aromatic N) is 1. The summed E-state index contributed by atoms with van der Waals surface area (Å²) in [6, 6.07) is 8.91. The molecule has 0 saturated carbocycles. The van der Waals surface area contributed by atoms with E-state index in [9.17, 15) is 13.2 Å². The van der Waals surface area contributed by atoms with Gasteiger partial charge in [0, 0.05) is 18.1 Å². The van der Waals surface area contributed by atoms with Gasteiger partial charge in [-0.3, -0.25) is 4.79 Å². The van der Waals surface area contributed by atoms with E-state index in [2.05, 4.69) is 5.32 Å². The Labute approximate surface area is 184 Å². The standard InChI is InChI=1S/C19H19Cl3N2O4S/c20-13-4-6-17(15(21)10-13)23-19(25)12-28-18-7-5-14(11-16(18)22)29(26,27)24-8-2-1-3-9-24/h4-7,10-11H,1-3,8-9,12H2,(H,23,25). The molecule has 1 N–H and O–H groups in total. The molecule has 2 aromatic carbocycles. The first-order valence-electron chi connectivity index (χ1n) is 8.95. The number of piperidine rings is 1. The fraction of sp³-hybridized carbons (Fsp3) is 0.316. The van der Waals surface area contributed by atoms with E-state index in [1.807, 2.05) is 0 Å². The SMILES string of the molecule is O=C(COc1ccc(S(=O)(=O)N2CCCCC2)cc1Cl)Nc1ccc(Cl)cc1Cl. The van der Waals surface area contributed by atoms with Crippen LogP contribution in [0.2, 0.25) is 15.1 Å². The lowest BCUT2D eigenvalue weighted by Crippen LogP contribution is -2.35. The first-order chi connectivity index (χ1) is 13.8. The van der Waals surface area contributed by atoms with Gasteiger partial charge in [0.05, 0.1) is 20.6 Å². The van der Waals surface area contributed by atoms with Gasteiger partial charge in [0.2, 0.25) is 10.0 Å². The molecule has 1 aliphatic heterocycles. The topological polar surface area (TPSA) is 75.7 Å². The number of ether oxygens (including phenoxy) is 1. The minimum absolute atomic E-state index is 0.106. The molecule has 10 heteroatoms. The van der Waals surface area contributed by atoms with Crippen molar-refractivity contribution in [3.63, 3.8) is 0 Å². The number of hydrogen-bond acceptors (Lipinski definition) is 4. The fourth-order valence-corrected chi connectivity index (χ4v) is 5.23. The number of halogens is 3. The quantitative estimate of drug-likeness (QED) is 0.646. The number of hydrogen-bond donors (Lipinski definition) is 1. The molecule has 3 rings (SSSR count). The summed E-state index contributed by atoms with van der Waals surface area (Å²) in [7, 11) is -3.59. The van der Waals surface area contributed by atoms with Crippen LogP contribution in [-0.2, 0) is 14.8 Å². The van der Waals surface area contributed by atoms with E-state index in [0.29, 0.717) is 28.8 Å². The molecule has 0 radical (unpaired) electrons. The van der Waals surface area contributed by atoms with Crippen LogP contribution in [0.1, 0.15) is 19.3 Å². The van der Waals surface area contributed by atoms with Gasteiger partial charge in [-0.15, -0.1) is 0 Å². The van der Waals surface area contributed by atoms with Crippen molar-refractivity contribution >= 4 is 56.4 Å². The number of carbonyl (C=O) groups excluding carboxylic acids is 1. The Hall–Kier alpha value is -1.51. The van der Waals surface area contributed by atoms with Crippen LogP contribution in [0.3, 0.4) is 0 Å². The molecule has 0 unspecified atom stereocenters. The number of benzene rings is 2. The van der Waals surface area contributed by atoms with Gasteiger partial charge in [-0.05, 0) is 49.2 Å². The number of sulfonamides is 1. The zero-order chi connectivity index (χ0) is 21.0. The first kappa shape index (κ1) is 22.2. The van der Waals surface area contributed by atoms with Gasteiger partial charge >= 0.3 is 0 Å². The molecule has 29 heavy (non-hydrogen) atoms. The van der Waals surface area contributed by atoms with Crippen molar-refractivity contribution in [2.24, 2.45) is 0 Å². The number of carbonyl (C=O) groups is 1. The van der Waals surface area contributed by atoms with Gasteiger partial charge in [0.1, 0.15) is 5.75 Å². The maximum Gasteiger partial charge on any atom is 0.262 e. The third-order valence-corrected chi connectivity index (χ3v) is 7.16. The molecule has 1 fully saturated rings. The maximum atomic E-state index is 12.7. The van der Waals surface area contributed by atoms with E-state index < -0.39 is 15.9 Å². The van der Waals surface area contributed by atoms with Gasteiger partial charge in [-0.1, -0.05) is 41.2 Å². The van der Waals surface area contributed by atoms with Crippen LogP contribution in [0.15, 0.2) is 41.3 Å². The molecule has 0 aliphatic carbocycles. The molecule has 0 bridgehead atoms. The molecule has 156 valence electrons. The van der Waals surface area contributed by atoms with E-state index in [1.54, 1.807) is 12.1 Å². The molecule has 1 aliphatic rings. The summed E-state index contributed by atoms with van der Waals surface area (Å²) < 4.78 is 32.3. The highest BCUT2D eigenvalue weighted by molar-refractivity contribution is 7.89. The van der Waals surface area contributed by atoms with Gasteiger partial charge in [0.15, 0.2) is 6.61 Å². The molecule has 0 aromatic heterocycles. The Morgan fingerprint density at radius 1 is 1.00 bits per heavy atom. The third-order valence-electron chi connectivity index (χ3n) is 4.42. The lowest BCUT2D eigenvalue weighted by atomic mass is 10.2. The van der Waals surface area contributed by atoms with Gasteiger partial charge in [-0.25, -0.2) is 8.42 Å². The highest BCUT2D eigenvalue weighted by atomic mass is 35.5. The second kappa shape index (κ2) is 9.53. The van der Waals surface area contributed by atoms with E-state index in [1.165, 1.54) is 28.6 Å². The van der Waals surface area contributed by atoms with Crippen LogP contribution in [0.4, 0.5) is 5.69 Å². The van der Waals surface area contributed by atoms with Crippen molar-refractivity contribution in [1.29, 1.82) is 0 Å². The zero-order valence-electron chi connectivity index (χ0n) is 15.3. The minimum atomic E-state index is -3.59. The van der Waals surface area contributed by atoms with Crippen molar-refractivity contribution in [1.82, 2.24) is 4.31 Å². The van der Waals surface area contributed by atoms with Gasteiger partial charge in [0.25, 0.3) is 5.91 Å². The van der Waals surface area contributed by atoms with Crippen molar-refractivity contribution < 1.29 is 17.9 Å². The van der Waals surface area contributed by atoms with Crippen molar-refractivity contribution in [3.05, 3.63) is 51.5 Å². The second-order valence-corrected chi connectivity index (χ2v) is 9.71. The Morgan fingerprint density at radius 2 is 1.72 bits per heavy atom. The smallest absolute Gasteiger partial charge is 0.262 e. The molecule has 0 spiro atoms. The Kier molecular flexibility index (Phi) is 7.29. The highest BCUT2D eigenvalue weighted by Crippen LogP contribution is 2.30. The van der Waals surface area contributed by atoms with Crippen molar-refractivity contribution in [3.8, 4) is 5.75 Å². The molecule has 1 saturated heterocycles. The first-order valence-corrected chi connectivity index (χ1v) is 11.5. The van der Waals surface area contributed by atoms with Crippen LogP contribution in [0.5, 0.6) is 5.75 Å². The highest BCUT2D eigenvalue weighted by Gasteiger charge is 2.26. The molecule has 0 atom stereocenters. The largest absolute Gasteiger partial charge is 0.482 e. The number of anilines is 1. The van der Waals surface area contributed by atoms with Crippen LogP contribution in [0.25, 0.3) is 0 Å². The average Bonchev–Trinajstić information content (AvgIpc) is 2.70. The number of amides is 1. The predicted molar refractivity (Wildman–Crippen MR) is 115 cm³/mol. The Balaban J connectivity index is 1.64. The normalized spacial score (nSPS) is 15.1. The van der Waals surface area contributed by atoms with E-state index >= 15 is 0 Å². The van der Waals surface area contributed by atoms with Gasteiger partial charge in [-0.2, -0.15) is 4.31 Å². The zero-order valence-corrected chi connectivity index (χ0v) is 18.4. The summed E-state index contributed by atoms with van der Waals surface area (Å²) in [6.45, 7) is 0.689. The fourth-order valence-electron chi connectivity index (χ4n) is 2.93. The van der Waals surface area contributed by atoms with Crippen molar-refractivity contribution in [2.75, 3.05) is 25.0 Å². The molecular formula is C19H19Cl3N2O4S. The summed E-state index contributed by atoms with van der Waals surface area (Å²) in [5.74, 6) is -0.239. The summed E-state index contributed by atoms with van der Waals surface area (Å²) in [5, 5.41) is 3.47. The predicted octanol–water partition coefficient (Wildman–Crippen LogP) is 4.84. The lowest BCUT2D eigenvalue weighted by Gasteiger charge is -2.26. The second-order valence-electron chi connectivity index (χ2n) is 6.52. The molecular weight excluding hydrogens is 459 g/mol. The monoisotopic (exact) mass is 476 g/mol. The Morgan fingerprint density at radius 3 is 2.38 bits per heavy atom. The summed E-state index contributed by atoms with van der Waals surface area (Å²) in [6.07, 6.45) is 2.73. The minimum Gasteiger partial charge on any atom is -0.482 e. The van der Waals surface area contributed by atoms with E-state index in [4.69, 9.17) is 39.5 Å². The number of rotatable bonds is 6. The third kappa shape index (κ3) is 5.55. The summed E-state index contributed by atoms with van der Waals surface area (Å²) in [5.41, 5.74) is 0.402. The summed E-state index contributed by atoms with van der Waals surface area (Å²) >= 11 is 18.0. The summed E-state index contributed by atoms with van der Waals surface area (Å²) in [4.78, 5) is 12.2. The van der Waals surface area contributed by atoms with E-state index in [-0.39, 0.29) is 22.3 Å². The van der Waals surface area contributed by atoms with Crippen LogP contribution in [0, 0.1) is 0 Å². The van der Waals surface area contributed by atoms with Crippen LogP contribution >= 0.6 is 34.8 Å². The average molecular weight is 478 g/mol. The molecule has 6 nitrogen and oxygen atoms in total. The molecule has 1 amide bonds. The molecule has 2 aromatic rings. The van der Waals surface area contributed by atoms with Crippen LogP contribution in [-0.4, -0.2) is 38.3 Å². The molecule has 1 heterocycles. The van der Waals surface area contributed by atoms with Gasteiger partial charge < -0.3 is 10.1 Å². The van der Waals surface area contributed by atoms with Crippen molar-refractivity contribution in [2.45, 2.75) is 24.2 Å². The number of nitrogens with one attached hydrogen (secondary N) is 1. The Bertz CT molecular complexity index is 1010. The lowest BCUT2D eigenvalue weighted by molar-refractivity contribution is -0.118. The maximum absolute atomic E-state index is 12.7. The van der Waals surface area contributed by atoms with E-state index in [0.717, 1.165) is 19.3 Å².